The van der Waals surface area contributed by atoms with Crippen molar-refractivity contribution >= 4 is 11.6 Å². The number of pyridine rings is 1. The minimum atomic E-state index is 0.162. The van der Waals surface area contributed by atoms with Crippen molar-refractivity contribution in [3.8, 4) is 0 Å². The molecule has 0 bridgehead atoms. The summed E-state index contributed by atoms with van der Waals surface area (Å²) < 4.78 is 0. The Morgan fingerprint density at radius 3 is 2.55 bits per heavy atom. The fraction of sp³-hybridized carbons (Fsp3) is 0.353. The van der Waals surface area contributed by atoms with E-state index in [0.29, 0.717) is 0 Å². The van der Waals surface area contributed by atoms with Gasteiger partial charge in [-0.2, -0.15) is 0 Å². The maximum atomic E-state index is 6.27. The number of hydrogen-bond acceptors (Lipinski definition) is 2. The van der Waals surface area contributed by atoms with E-state index < -0.39 is 0 Å². The first-order chi connectivity index (χ1) is 9.61. The molecular formula is C17H21ClN2. The van der Waals surface area contributed by atoms with Crippen molar-refractivity contribution in [2.45, 2.75) is 33.2 Å². The highest BCUT2D eigenvalue weighted by molar-refractivity contribution is 6.31. The summed E-state index contributed by atoms with van der Waals surface area (Å²) in [7, 11) is 0. The van der Waals surface area contributed by atoms with Crippen LogP contribution in [0.4, 0.5) is 0 Å². The zero-order chi connectivity index (χ0) is 14.5. The first kappa shape index (κ1) is 15.0. The van der Waals surface area contributed by atoms with E-state index in [2.05, 4.69) is 47.6 Å². The van der Waals surface area contributed by atoms with Crippen molar-refractivity contribution in [2.24, 2.45) is 0 Å². The van der Waals surface area contributed by atoms with E-state index in [-0.39, 0.29) is 6.04 Å². The van der Waals surface area contributed by atoms with Gasteiger partial charge >= 0.3 is 0 Å². The van der Waals surface area contributed by atoms with Crippen molar-refractivity contribution in [1.29, 1.82) is 0 Å². The molecule has 1 atom stereocenters. The Labute approximate surface area is 126 Å². The second kappa shape index (κ2) is 6.87. The lowest BCUT2D eigenvalue weighted by atomic mass is 9.98. The van der Waals surface area contributed by atoms with E-state index in [4.69, 9.17) is 11.6 Å². The van der Waals surface area contributed by atoms with E-state index in [0.717, 1.165) is 29.2 Å². The van der Waals surface area contributed by atoms with Gasteiger partial charge in [-0.05, 0) is 61.7 Å². The molecule has 20 heavy (non-hydrogen) atoms. The molecule has 0 aliphatic carbocycles. The summed E-state index contributed by atoms with van der Waals surface area (Å²) in [5.74, 6) is 0. The first-order valence-electron chi connectivity index (χ1n) is 7.03. The molecule has 1 unspecified atom stereocenters. The zero-order valence-corrected chi connectivity index (χ0v) is 13.0. The Bertz CT molecular complexity index is 581. The molecule has 3 heteroatoms. The number of benzene rings is 1. The maximum Gasteiger partial charge on any atom is 0.0578 e. The highest BCUT2D eigenvalue weighted by Gasteiger charge is 2.14. The van der Waals surface area contributed by atoms with Gasteiger partial charge in [0.2, 0.25) is 0 Å². The summed E-state index contributed by atoms with van der Waals surface area (Å²) >= 11 is 6.27. The molecule has 2 nitrogen and oxygen atoms in total. The van der Waals surface area contributed by atoms with Crippen LogP contribution in [0.15, 0.2) is 36.5 Å². The van der Waals surface area contributed by atoms with Gasteiger partial charge in [0.25, 0.3) is 0 Å². The number of nitrogens with zero attached hydrogens (tertiary/aromatic N) is 1. The van der Waals surface area contributed by atoms with Gasteiger partial charge in [0.05, 0.1) is 6.04 Å². The van der Waals surface area contributed by atoms with Gasteiger partial charge in [-0.15, -0.1) is 0 Å². The van der Waals surface area contributed by atoms with Gasteiger partial charge in [0.1, 0.15) is 0 Å². The molecule has 0 saturated heterocycles. The van der Waals surface area contributed by atoms with Crippen LogP contribution in [-0.4, -0.2) is 11.5 Å². The predicted molar refractivity (Wildman–Crippen MR) is 85.3 cm³/mol. The molecule has 1 aromatic carbocycles. The first-order valence-corrected chi connectivity index (χ1v) is 7.41. The van der Waals surface area contributed by atoms with Crippen molar-refractivity contribution in [1.82, 2.24) is 10.3 Å². The third-order valence-electron chi connectivity index (χ3n) is 3.38. The second-order valence-corrected chi connectivity index (χ2v) is 5.53. The number of nitrogens with one attached hydrogen (secondary N) is 1. The van der Waals surface area contributed by atoms with E-state index in [1.54, 1.807) is 0 Å². The number of halogens is 1. The number of rotatable bonds is 5. The van der Waals surface area contributed by atoms with Crippen molar-refractivity contribution in [2.75, 3.05) is 6.54 Å². The van der Waals surface area contributed by atoms with Crippen molar-refractivity contribution in [3.05, 3.63) is 63.9 Å². The average Bonchev–Trinajstić information content (AvgIpc) is 2.43. The molecule has 106 valence electrons. The molecule has 0 radical (unpaired) electrons. The molecule has 0 fully saturated rings. The molecule has 0 aliphatic rings. The molecule has 2 rings (SSSR count). The van der Waals surface area contributed by atoms with Crippen LogP contribution in [0.25, 0.3) is 0 Å². The third kappa shape index (κ3) is 3.59. The van der Waals surface area contributed by atoms with Crippen LogP contribution >= 0.6 is 11.6 Å². The Morgan fingerprint density at radius 1 is 1.15 bits per heavy atom. The van der Waals surface area contributed by atoms with Gasteiger partial charge in [-0.1, -0.05) is 30.7 Å². The number of aryl methyl sites for hydroxylation is 2. The zero-order valence-electron chi connectivity index (χ0n) is 12.3. The standard InChI is InChI=1S/C17H21ClN2/c1-4-8-20-17(15-7-9-19-13(3)10-15)14-6-5-12(2)16(18)11-14/h5-7,9-11,17,20H,4,8H2,1-3H3. The molecule has 1 aromatic heterocycles. The van der Waals surface area contributed by atoms with Crippen LogP contribution in [0, 0.1) is 13.8 Å². The number of hydrogen-bond donors (Lipinski definition) is 1. The Hall–Kier alpha value is -1.38. The van der Waals surface area contributed by atoms with Crippen LogP contribution in [-0.2, 0) is 0 Å². The lowest BCUT2D eigenvalue weighted by Gasteiger charge is -2.20. The Morgan fingerprint density at radius 2 is 1.90 bits per heavy atom. The molecular weight excluding hydrogens is 268 g/mol. The molecule has 1 heterocycles. The quantitative estimate of drug-likeness (QED) is 0.880. The van der Waals surface area contributed by atoms with Crippen molar-refractivity contribution in [3.63, 3.8) is 0 Å². The van der Waals surface area contributed by atoms with E-state index >= 15 is 0 Å². The smallest absolute Gasteiger partial charge is 0.0578 e. The predicted octanol–water partition coefficient (Wildman–Crippen LogP) is 4.44. The normalized spacial score (nSPS) is 12.4. The molecule has 0 spiro atoms. The Kier molecular flexibility index (Phi) is 5.16. The molecule has 0 amide bonds. The topological polar surface area (TPSA) is 24.9 Å². The van der Waals surface area contributed by atoms with Crippen molar-refractivity contribution < 1.29 is 0 Å². The van der Waals surface area contributed by atoms with Crippen LogP contribution in [0.5, 0.6) is 0 Å². The van der Waals surface area contributed by atoms with E-state index in [1.807, 2.05) is 20.0 Å². The molecule has 2 aromatic rings. The monoisotopic (exact) mass is 288 g/mol. The van der Waals surface area contributed by atoms with Gasteiger partial charge in [-0.25, -0.2) is 0 Å². The summed E-state index contributed by atoms with van der Waals surface area (Å²) in [5, 5.41) is 4.41. The maximum absolute atomic E-state index is 6.27. The largest absolute Gasteiger partial charge is 0.306 e. The fourth-order valence-corrected chi connectivity index (χ4v) is 2.44. The van der Waals surface area contributed by atoms with Crippen LogP contribution in [0.1, 0.15) is 41.8 Å². The lowest BCUT2D eigenvalue weighted by molar-refractivity contribution is 0.597. The second-order valence-electron chi connectivity index (χ2n) is 5.13. The minimum absolute atomic E-state index is 0.162. The molecule has 0 aliphatic heterocycles. The van der Waals surface area contributed by atoms with Gasteiger partial charge < -0.3 is 5.32 Å². The minimum Gasteiger partial charge on any atom is -0.306 e. The highest BCUT2D eigenvalue weighted by Crippen LogP contribution is 2.26. The average molecular weight is 289 g/mol. The Balaban J connectivity index is 2.38. The summed E-state index contributed by atoms with van der Waals surface area (Å²) in [6, 6.07) is 10.6. The summed E-state index contributed by atoms with van der Waals surface area (Å²) in [6.07, 6.45) is 2.96. The summed E-state index contributed by atoms with van der Waals surface area (Å²) in [5.41, 5.74) is 4.56. The lowest BCUT2D eigenvalue weighted by Crippen LogP contribution is -2.23. The van der Waals surface area contributed by atoms with Crippen LogP contribution < -0.4 is 5.32 Å². The van der Waals surface area contributed by atoms with Gasteiger partial charge in [0, 0.05) is 16.9 Å². The number of aromatic nitrogens is 1. The third-order valence-corrected chi connectivity index (χ3v) is 3.79. The SMILES string of the molecule is CCCNC(c1ccnc(C)c1)c1ccc(C)c(Cl)c1. The van der Waals surface area contributed by atoms with E-state index in [9.17, 15) is 0 Å². The summed E-state index contributed by atoms with van der Waals surface area (Å²) in [4.78, 5) is 4.27. The van der Waals surface area contributed by atoms with Gasteiger partial charge in [0.15, 0.2) is 0 Å². The van der Waals surface area contributed by atoms with Gasteiger partial charge in [-0.3, -0.25) is 4.98 Å². The fourth-order valence-electron chi connectivity index (χ4n) is 2.25. The van der Waals surface area contributed by atoms with E-state index in [1.165, 1.54) is 11.1 Å². The molecule has 1 N–H and O–H groups in total. The van der Waals surface area contributed by atoms with Crippen LogP contribution in [0.3, 0.4) is 0 Å². The summed E-state index contributed by atoms with van der Waals surface area (Å²) in [6.45, 7) is 7.18. The highest BCUT2D eigenvalue weighted by atomic mass is 35.5. The van der Waals surface area contributed by atoms with Crippen LogP contribution in [0.2, 0.25) is 5.02 Å². The molecule has 0 saturated carbocycles.